The number of carbonyl (C=O) groups is 1. The molecule has 0 atom stereocenters. The first-order chi connectivity index (χ1) is 15.7. The molecule has 1 heterocycles. The van der Waals surface area contributed by atoms with Gasteiger partial charge < -0.3 is 14.2 Å². The van der Waals surface area contributed by atoms with Crippen LogP contribution in [0.15, 0.2) is 103 Å². The molecule has 0 fully saturated rings. The molecular weight excluding hydrogens is 396 g/mol. The number of benzene rings is 3. The Bertz CT molecular complexity index is 1120. The summed E-state index contributed by atoms with van der Waals surface area (Å²) in [6, 6.07) is 32.4. The van der Waals surface area contributed by atoms with Gasteiger partial charge in [-0.1, -0.05) is 72.8 Å². The van der Waals surface area contributed by atoms with E-state index in [1.807, 2.05) is 59.5 Å². The number of rotatable bonds is 9. The lowest BCUT2D eigenvalue weighted by Crippen LogP contribution is -2.32. The fourth-order valence-electron chi connectivity index (χ4n) is 3.79. The quantitative estimate of drug-likeness (QED) is 0.365. The summed E-state index contributed by atoms with van der Waals surface area (Å²) in [4.78, 5) is 15.3. The van der Waals surface area contributed by atoms with Crippen molar-refractivity contribution >= 4 is 5.91 Å². The van der Waals surface area contributed by atoms with Gasteiger partial charge in [-0.15, -0.1) is 0 Å². The SMILES string of the molecule is COc1ccc(CC(=O)N(Cc2ccccc2)Cc2cccn2Cc2ccccc2)cc1. The standard InChI is InChI=1S/C28H28N2O2/c1-32-27-16-14-23(15-17-27)19-28(31)30(21-25-11-6-3-7-12-25)22-26-13-8-18-29(26)20-24-9-4-2-5-10-24/h2-18H,19-22H2,1H3. The van der Waals surface area contributed by atoms with Crippen LogP contribution in [0.1, 0.15) is 22.4 Å². The van der Waals surface area contributed by atoms with Gasteiger partial charge >= 0.3 is 0 Å². The van der Waals surface area contributed by atoms with Crippen LogP contribution in [0.25, 0.3) is 0 Å². The molecule has 0 radical (unpaired) electrons. The summed E-state index contributed by atoms with van der Waals surface area (Å²) in [7, 11) is 1.65. The van der Waals surface area contributed by atoms with Gasteiger partial charge in [0.1, 0.15) is 5.75 Å². The van der Waals surface area contributed by atoms with Crippen LogP contribution < -0.4 is 4.74 Å². The Morgan fingerprint density at radius 1 is 0.750 bits per heavy atom. The van der Waals surface area contributed by atoms with Crippen molar-refractivity contribution in [2.45, 2.75) is 26.1 Å². The first-order valence-electron chi connectivity index (χ1n) is 10.8. The molecular formula is C28H28N2O2. The lowest BCUT2D eigenvalue weighted by molar-refractivity contribution is -0.131. The second kappa shape index (κ2) is 10.5. The van der Waals surface area contributed by atoms with Crippen molar-refractivity contribution in [1.82, 2.24) is 9.47 Å². The highest BCUT2D eigenvalue weighted by Crippen LogP contribution is 2.17. The third kappa shape index (κ3) is 5.67. The fourth-order valence-corrected chi connectivity index (χ4v) is 3.79. The highest BCUT2D eigenvalue weighted by molar-refractivity contribution is 5.78. The molecule has 4 heteroatoms. The van der Waals surface area contributed by atoms with Crippen LogP contribution in [0.4, 0.5) is 0 Å². The summed E-state index contributed by atoms with van der Waals surface area (Å²) in [6.45, 7) is 1.92. The number of amides is 1. The van der Waals surface area contributed by atoms with Crippen LogP contribution in [-0.2, 0) is 30.8 Å². The van der Waals surface area contributed by atoms with Gasteiger partial charge in [0.15, 0.2) is 0 Å². The van der Waals surface area contributed by atoms with E-state index < -0.39 is 0 Å². The highest BCUT2D eigenvalue weighted by atomic mass is 16.5. The van der Waals surface area contributed by atoms with Gasteiger partial charge in [-0.3, -0.25) is 4.79 Å². The molecule has 32 heavy (non-hydrogen) atoms. The molecule has 4 nitrogen and oxygen atoms in total. The summed E-state index contributed by atoms with van der Waals surface area (Å²) < 4.78 is 7.45. The molecule has 0 unspecified atom stereocenters. The number of carbonyl (C=O) groups excluding carboxylic acids is 1. The number of methoxy groups -OCH3 is 1. The fraction of sp³-hybridized carbons (Fsp3) is 0.179. The van der Waals surface area contributed by atoms with Gasteiger partial charge in [0.05, 0.1) is 20.1 Å². The molecule has 0 N–H and O–H groups in total. The Hall–Kier alpha value is -3.79. The molecule has 0 spiro atoms. The summed E-state index contributed by atoms with van der Waals surface area (Å²) in [5.74, 6) is 0.896. The maximum atomic E-state index is 13.4. The van der Waals surface area contributed by atoms with E-state index in [2.05, 4.69) is 53.2 Å². The third-order valence-corrected chi connectivity index (χ3v) is 5.56. The maximum Gasteiger partial charge on any atom is 0.227 e. The molecule has 0 aliphatic heterocycles. The van der Waals surface area contributed by atoms with Crippen LogP contribution in [0, 0.1) is 0 Å². The minimum atomic E-state index is 0.103. The Morgan fingerprint density at radius 2 is 1.41 bits per heavy atom. The average Bonchev–Trinajstić information content (AvgIpc) is 3.27. The highest BCUT2D eigenvalue weighted by Gasteiger charge is 2.17. The number of hydrogen-bond acceptors (Lipinski definition) is 2. The minimum absolute atomic E-state index is 0.103. The van der Waals surface area contributed by atoms with E-state index in [9.17, 15) is 4.79 Å². The van der Waals surface area contributed by atoms with E-state index in [-0.39, 0.29) is 5.91 Å². The van der Waals surface area contributed by atoms with Crippen molar-refractivity contribution in [3.63, 3.8) is 0 Å². The molecule has 4 aromatic rings. The smallest absolute Gasteiger partial charge is 0.227 e. The molecule has 3 aromatic carbocycles. The van der Waals surface area contributed by atoms with E-state index in [1.165, 1.54) is 5.56 Å². The van der Waals surface area contributed by atoms with Crippen molar-refractivity contribution in [3.8, 4) is 5.75 Å². The van der Waals surface area contributed by atoms with E-state index in [0.29, 0.717) is 19.5 Å². The minimum Gasteiger partial charge on any atom is -0.497 e. The van der Waals surface area contributed by atoms with Crippen LogP contribution in [-0.4, -0.2) is 22.5 Å². The second-order valence-corrected chi connectivity index (χ2v) is 7.87. The van der Waals surface area contributed by atoms with Crippen LogP contribution >= 0.6 is 0 Å². The molecule has 0 bridgehead atoms. The van der Waals surface area contributed by atoms with Gasteiger partial charge in [-0.05, 0) is 41.0 Å². The summed E-state index contributed by atoms with van der Waals surface area (Å²) in [5.41, 5.74) is 4.46. The monoisotopic (exact) mass is 424 g/mol. The summed E-state index contributed by atoms with van der Waals surface area (Å²) in [5, 5.41) is 0. The van der Waals surface area contributed by atoms with Gasteiger partial charge in [0, 0.05) is 25.0 Å². The van der Waals surface area contributed by atoms with E-state index in [0.717, 1.165) is 29.1 Å². The van der Waals surface area contributed by atoms with Crippen LogP contribution in [0.5, 0.6) is 5.75 Å². The topological polar surface area (TPSA) is 34.5 Å². The summed E-state index contributed by atoms with van der Waals surface area (Å²) in [6.07, 6.45) is 2.44. The second-order valence-electron chi connectivity index (χ2n) is 7.87. The molecule has 4 rings (SSSR count). The van der Waals surface area contributed by atoms with Gasteiger partial charge in [-0.2, -0.15) is 0 Å². The van der Waals surface area contributed by atoms with Crippen molar-refractivity contribution < 1.29 is 9.53 Å². The zero-order chi connectivity index (χ0) is 22.2. The maximum absolute atomic E-state index is 13.4. The van der Waals surface area contributed by atoms with E-state index in [4.69, 9.17) is 4.74 Å². The lowest BCUT2D eigenvalue weighted by Gasteiger charge is -2.24. The molecule has 0 aliphatic carbocycles. The molecule has 1 aromatic heterocycles. The predicted octanol–water partition coefficient (Wildman–Crippen LogP) is 5.32. The van der Waals surface area contributed by atoms with Gasteiger partial charge in [0.25, 0.3) is 0 Å². The van der Waals surface area contributed by atoms with E-state index >= 15 is 0 Å². The van der Waals surface area contributed by atoms with Crippen LogP contribution in [0.2, 0.25) is 0 Å². The first kappa shape index (κ1) is 21.4. The molecule has 0 saturated heterocycles. The lowest BCUT2D eigenvalue weighted by atomic mass is 10.1. The van der Waals surface area contributed by atoms with E-state index in [1.54, 1.807) is 7.11 Å². The Kier molecular flexibility index (Phi) is 7.03. The molecule has 0 aliphatic rings. The Labute approximate surface area is 189 Å². The van der Waals surface area contributed by atoms with Crippen molar-refractivity contribution in [2.24, 2.45) is 0 Å². The molecule has 0 saturated carbocycles. The Morgan fingerprint density at radius 3 is 2.06 bits per heavy atom. The molecule has 162 valence electrons. The zero-order valence-electron chi connectivity index (χ0n) is 18.4. The first-order valence-corrected chi connectivity index (χ1v) is 10.8. The van der Waals surface area contributed by atoms with Crippen molar-refractivity contribution in [2.75, 3.05) is 7.11 Å². The number of hydrogen-bond donors (Lipinski definition) is 0. The number of nitrogens with zero attached hydrogens (tertiary/aromatic N) is 2. The van der Waals surface area contributed by atoms with Gasteiger partial charge in [-0.25, -0.2) is 0 Å². The predicted molar refractivity (Wildman–Crippen MR) is 127 cm³/mol. The number of ether oxygens (including phenoxy) is 1. The normalized spacial score (nSPS) is 10.7. The Balaban J connectivity index is 1.53. The largest absolute Gasteiger partial charge is 0.497 e. The van der Waals surface area contributed by atoms with Crippen molar-refractivity contribution in [3.05, 3.63) is 126 Å². The summed E-state index contributed by atoms with van der Waals surface area (Å²) >= 11 is 0. The van der Waals surface area contributed by atoms with Crippen LogP contribution in [0.3, 0.4) is 0 Å². The molecule has 1 amide bonds. The van der Waals surface area contributed by atoms with Gasteiger partial charge in [0.2, 0.25) is 5.91 Å². The van der Waals surface area contributed by atoms with Crippen molar-refractivity contribution in [1.29, 1.82) is 0 Å². The average molecular weight is 425 g/mol. The zero-order valence-corrected chi connectivity index (χ0v) is 18.4. The third-order valence-electron chi connectivity index (χ3n) is 5.56. The number of aromatic nitrogens is 1.